The van der Waals surface area contributed by atoms with E-state index in [4.69, 9.17) is 0 Å². The minimum Gasteiger partial charge on any atom is -0.350 e. The Labute approximate surface area is 183 Å². The molecule has 1 saturated heterocycles. The number of hydrogen-bond acceptors (Lipinski definition) is 4. The molecule has 1 aliphatic rings. The second kappa shape index (κ2) is 8.80. The topological polar surface area (TPSA) is 84.3 Å². The van der Waals surface area contributed by atoms with E-state index in [1.165, 1.54) is 10.4 Å². The van der Waals surface area contributed by atoms with Crippen LogP contribution >= 0.6 is 0 Å². The largest absolute Gasteiger partial charge is 0.350 e. The zero-order chi connectivity index (χ0) is 22.0. The molecule has 0 bridgehead atoms. The third-order valence-electron chi connectivity index (χ3n) is 5.85. The van der Waals surface area contributed by atoms with Gasteiger partial charge in [-0.2, -0.15) is 4.31 Å². The molecule has 1 fully saturated rings. The number of carbonyl (C=O) groups is 1. The molecule has 2 aromatic carbocycles. The van der Waals surface area contributed by atoms with E-state index in [-0.39, 0.29) is 10.8 Å². The highest BCUT2D eigenvalue weighted by Gasteiger charge is 2.28. The number of benzene rings is 2. The van der Waals surface area contributed by atoms with Gasteiger partial charge in [-0.1, -0.05) is 24.6 Å². The van der Waals surface area contributed by atoms with Crippen molar-refractivity contribution in [3.8, 4) is 0 Å². The summed E-state index contributed by atoms with van der Waals surface area (Å²) in [6.45, 7) is 5.79. The molecule has 0 radical (unpaired) electrons. The summed E-state index contributed by atoms with van der Waals surface area (Å²) in [7, 11) is -3.59. The van der Waals surface area contributed by atoms with Gasteiger partial charge in [0.2, 0.25) is 10.0 Å². The lowest BCUT2D eigenvalue weighted by molar-refractivity contribution is 0.0952. The smallest absolute Gasteiger partial charge is 0.251 e. The molecule has 0 aliphatic carbocycles. The number of nitrogens with one attached hydrogen (secondary N) is 1. The summed E-state index contributed by atoms with van der Waals surface area (Å²) >= 11 is 0. The number of sulfonamides is 1. The molecule has 1 aromatic heterocycles. The van der Waals surface area contributed by atoms with Crippen molar-refractivity contribution in [2.45, 2.75) is 44.6 Å². The van der Waals surface area contributed by atoms with E-state index >= 15 is 0 Å². The maximum absolute atomic E-state index is 13.1. The van der Waals surface area contributed by atoms with Crippen LogP contribution in [0.25, 0.3) is 11.0 Å². The Hall–Kier alpha value is -2.71. The third kappa shape index (κ3) is 4.36. The lowest BCUT2D eigenvalue weighted by atomic mass is 10.1. The summed E-state index contributed by atoms with van der Waals surface area (Å²) in [4.78, 5) is 17.5. The van der Waals surface area contributed by atoms with Crippen LogP contribution in [0, 0.1) is 13.8 Å². The summed E-state index contributed by atoms with van der Waals surface area (Å²) in [5.41, 5.74) is 2.97. The molecular formula is C23H28N4O3S. The number of para-hydroxylation sites is 2. The Morgan fingerprint density at radius 1 is 1.06 bits per heavy atom. The van der Waals surface area contributed by atoms with Gasteiger partial charge in [0.1, 0.15) is 5.82 Å². The van der Waals surface area contributed by atoms with E-state index in [1.807, 2.05) is 31.2 Å². The predicted octanol–water partition coefficient (Wildman–Crippen LogP) is 3.26. The average Bonchev–Trinajstić information content (AvgIpc) is 3.09. The fourth-order valence-corrected chi connectivity index (χ4v) is 5.89. The van der Waals surface area contributed by atoms with Crippen molar-refractivity contribution in [1.29, 1.82) is 0 Å². The first kappa shape index (κ1) is 21.5. The van der Waals surface area contributed by atoms with Gasteiger partial charge in [0.15, 0.2) is 0 Å². The van der Waals surface area contributed by atoms with Crippen LogP contribution in [0.15, 0.2) is 47.4 Å². The fraction of sp³-hybridized carbons (Fsp3) is 0.391. The SMILES string of the molecule is Cc1ccc(C(=O)NCCn2c(C)nc3ccccc32)cc1S(=O)(=O)N1CCCCC1. The Kier molecular flexibility index (Phi) is 6.11. The van der Waals surface area contributed by atoms with Gasteiger partial charge in [0.25, 0.3) is 5.91 Å². The van der Waals surface area contributed by atoms with E-state index in [0.29, 0.717) is 37.3 Å². The van der Waals surface area contributed by atoms with Gasteiger partial charge >= 0.3 is 0 Å². The molecule has 3 aromatic rings. The number of amides is 1. The van der Waals surface area contributed by atoms with Crippen molar-refractivity contribution in [2.24, 2.45) is 0 Å². The Bertz CT molecular complexity index is 1210. The number of rotatable bonds is 6. The highest BCUT2D eigenvalue weighted by molar-refractivity contribution is 7.89. The number of fused-ring (bicyclic) bond motifs is 1. The molecular weight excluding hydrogens is 412 g/mol. The van der Waals surface area contributed by atoms with Crippen molar-refractivity contribution in [2.75, 3.05) is 19.6 Å². The Balaban J connectivity index is 1.47. The molecule has 7 nitrogen and oxygen atoms in total. The van der Waals surface area contributed by atoms with Crippen molar-refractivity contribution < 1.29 is 13.2 Å². The Morgan fingerprint density at radius 3 is 2.58 bits per heavy atom. The maximum atomic E-state index is 13.1. The zero-order valence-electron chi connectivity index (χ0n) is 18.0. The summed E-state index contributed by atoms with van der Waals surface area (Å²) in [5, 5.41) is 2.91. The number of imidazole rings is 1. The van der Waals surface area contributed by atoms with Gasteiger partial charge in [0.05, 0.1) is 15.9 Å². The number of aromatic nitrogens is 2. The number of nitrogens with zero attached hydrogens (tertiary/aromatic N) is 3. The summed E-state index contributed by atoms with van der Waals surface area (Å²) in [6, 6.07) is 12.8. The van der Waals surface area contributed by atoms with Crippen LogP contribution in [0.5, 0.6) is 0 Å². The minimum atomic E-state index is -3.59. The molecule has 1 amide bonds. The molecule has 1 N–H and O–H groups in total. The van der Waals surface area contributed by atoms with Gasteiger partial charge in [-0.3, -0.25) is 4.79 Å². The third-order valence-corrected chi connectivity index (χ3v) is 7.89. The number of aryl methyl sites for hydroxylation is 2. The first-order valence-electron chi connectivity index (χ1n) is 10.7. The van der Waals surface area contributed by atoms with E-state index in [2.05, 4.69) is 14.9 Å². The van der Waals surface area contributed by atoms with E-state index in [9.17, 15) is 13.2 Å². The van der Waals surface area contributed by atoms with Gasteiger partial charge in [-0.25, -0.2) is 13.4 Å². The van der Waals surface area contributed by atoms with Gasteiger partial charge in [-0.05, 0) is 56.5 Å². The average molecular weight is 441 g/mol. The fourth-order valence-electron chi connectivity index (χ4n) is 4.13. The number of piperidine rings is 1. The minimum absolute atomic E-state index is 0.221. The van der Waals surface area contributed by atoms with E-state index in [0.717, 1.165) is 36.1 Å². The molecule has 4 rings (SSSR count). The first-order chi connectivity index (χ1) is 14.9. The van der Waals surface area contributed by atoms with E-state index < -0.39 is 10.0 Å². The standard InChI is InChI=1S/C23H28N4O3S/c1-17-10-11-19(16-22(17)31(29,30)26-13-6-3-7-14-26)23(28)24-12-15-27-18(2)25-20-8-4-5-9-21(20)27/h4-5,8-11,16H,3,6-7,12-15H2,1-2H3,(H,24,28). The lowest BCUT2D eigenvalue weighted by Crippen LogP contribution is -2.36. The van der Waals surface area contributed by atoms with Crippen molar-refractivity contribution in [1.82, 2.24) is 19.2 Å². The monoisotopic (exact) mass is 440 g/mol. The molecule has 0 atom stereocenters. The zero-order valence-corrected chi connectivity index (χ0v) is 18.8. The highest BCUT2D eigenvalue weighted by atomic mass is 32.2. The normalized spacial score (nSPS) is 15.3. The van der Waals surface area contributed by atoms with Crippen LogP contribution in [0.2, 0.25) is 0 Å². The summed E-state index contributed by atoms with van der Waals surface area (Å²) < 4.78 is 29.8. The molecule has 0 spiro atoms. The summed E-state index contributed by atoms with van der Waals surface area (Å²) in [6.07, 6.45) is 2.81. The second-order valence-electron chi connectivity index (χ2n) is 8.00. The highest BCUT2D eigenvalue weighted by Crippen LogP contribution is 2.24. The predicted molar refractivity (Wildman–Crippen MR) is 121 cm³/mol. The van der Waals surface area contributed by atoms with Crippen LogP contribution in [0.3, 0.4) is 0 Å². The van der Waals surface area contributed by atoms with Gasteiger partial charge < -0.3 is 9.88 Å². The molecule has 31 heavy (non-hydrogen) atoms. The number of carbonyl (C=O) groups excluding carboxylic acids is 1. The van der Waals surface area contributed by atoms with Crippen molar-refractivity contribution in [3.63, 3.8) is 0 Å². The second-order valence-corrected chi connectivity index (χ2v) is 9.91. The maximum Gasteiger partial charge on any atom is 0.251 e. The van der Waals surface area contributed by atoms with Crippen molar-refractivity contribution in [3.05, 3.63) is 59.4 Å². The molecule has 164 valence electrons. The first-order valence-corrected chi connectivity index (χ1v) is 12.1. The van der Waals surface area contributed by atoms with Gasteiger partial charge in [-0.15, -0.1) is 0 Å². The van der Waals surface area contributed by atoms with E-state index in [1.54, 1.807) is 19.1 Å². The van der Waals surface area contributed by atoms with Crippen LogP contribution in [0.4, 0.5) is 0 Å². The number of hydrogen-bond donors (Lipinski definition) is 1. The quantitative estimate of drug-likeness (QED) is 0.638. The Morgan fingerprint density at radius 2 is 1.81 bits per heavy atom. The summed E-state index contributed by atoms with van der Waals surface area (Å²) in [5.74, 6) is 0.609. The van der Waals surface area contributed by atoms with Crippen molar-refractivity contribution >= 4 is 27.0 Å². The van der Waals surface area contributed by atoms with Crippen LogP contribution < -0.4 is 5.32 Å². The van der Waals surface area contributed by atoms with Crippen LogP contribution in [-0.2, 0) is 16.6 Å². The van der Waals surface area contributed by atoms with Crippen LogP contribution in [0.1, 0.15) is 41.0 Å². The molecule has 0 unspecified atom stereocenters. The molecule has 1 aliphatic heterocycles. The molecule has 8 heteroatoms. The molecule has 0 saturated carbocycles. The van der Waals surface area contributed by atoms with Gasteiger partial charge in [0, 0.05) is 31.7 Å². The lowest BCUT2D eigenvalue weighted by Gasteiger charge is -2.26. The molecule has 2 heterocycles. The van der Waals surface area contributed by atoms with Crippen LogP contribution in [-0.4, -0.2) is 47.8 Å².